The molecule has 1 saturated heterocycles. The van der Waals surface area contributed by atoms with Crippen LogP contribution >= 0.6 is 24.0 Å². The smallest absolute Gasteiger partial charge is 0.194 e. The molecule has 1 atom stereocenters. The fraction of sp³-hybridized carbons (Fsp3) is 0.450. The molecular formula is C20H29IN4O2. The molecule has 1 unspecified atom stereocenters. The van der Waals surface area contributed by atoms with E-state index in [1.165, 1.54) is 5.69 Å². The third kappa shape index (κ3) is 5.62. The Labute approximate surface area is 178 Å². The monoisotopic (exact) mass is 484 g/mol. The number of para-hydroxylation sites is 1. The number of aliphatic hydroxyl groups is 1. The molecule has 7 heteroatoms. The van der Waals surface area contributed by atoms with Crippen LogP contribution < -0.4 is 10.2 Å². The van der Waals surface area contributed by atoms with Crippen LogP contribution in [0.5, 0.6) is 0 Å². The third-order valence-corrected chi connectivity index (χ3v) is 4.62. The Balaban J connectivity index is 0.00000261. The molecule has 2 aromatic rings. The summed E-state index contributed by atoms with van der Waals surface area (Å²) in [6, 6.07) is 14.0. The van der Waals surface area contributed by atoms with Gasteiger partial charge in [0.2, 0.25) is 0 Å². The Kier molecular flexibility index (Phi) is 7.97. The summed E-state index contributed by atoms with van der Waals surface area (Å²) in [6.07, 6.45) is 1.57. The van der Waals surface area contributed by atoms with Gasteiger partial charge in [-0.1, -0.05) is 18.2 Å². The van der Waals surface area contributed by atoms with E-state index >= 15 is 0 Å². The second-order valence-corrected chi connectivity index (χ2v) is 6.73. The molecule has 27 heavy (non-hydrogen) atoms. The largest absolute Gasteiger partial charge is 0.466 e. The van der Waals surface area contributed by atoms with Crippen molar-refractivity contribution in [1.82, 2.24) is 10.2 Å². The van der Waals surface area contributed by atoms with E-state index in [1.807, 2.05) is 6.07 Å². The fourth-order valence-electron chi connectivity index (χ4n) is 3.13. The molecule has 1 aliphatic heterocycles. The average molecular weight is 484 g/mol. The first-order valence-electron chi connectivity index (χ1n) is 9.20. The molecule has 6 nitrogen and oxygen atoms in total. The number of hydrogen-bond donors (Lipinski definition) is 2. The molecule has 3 rings (SSSR count). The highest BCUT2D eigenvalue weighted by molar-refractivity contribution is 14.0. The molecule has 0 aliphatic carbocycles. The molecule has 0 spiro atoms. The van der Waals surface area contributed by atoms with Crippen molar-refractivity contribution in [1.29, 1.82) is 0 Å². The summed E-state index contributed by atoms with van der Waals surface area (Å²) in [6.45, 7) is 8.51. The lowest BCUT2D eigenvalue weighted by molar-refractivity contribution is 0.0434. The van der Waals surface area contributed by atoms with Gasteiger partial charge in [0.25, 0.3) is 0 Å². The van der Waals surface area contributed by atoms with Gasteiger partial charge in [0.15, 0.2) is 5.96 Å². The number of piperazine rings is 1. The third-order valence-electron chi connectivity index (χ3n) is 4.62. The Morgan fingerprint density at radius 1 is 1.15 bits per heavy atom. The zero-order valence-electron chi connectivity index (χ0n) is 16.0. The molecule has 2 N–H and O–H groups in total. The van der Waals surface area contributed by atoms with Crippen molar-refractivity contribution in [2.75, 3.05) is 44.2 Å². The summed E-state index contributed by atoms with van der Waals surface area (Å²) in [5.74, 6) is 1.37. The van der Waals surface area contributed by atoms with Gasteiger partial charge in [0.05, 0.1) is 12.8 Å². The molecule has 148 valence electrons. The highest BCUT2D eigenvalue weighted by Crippen LogP contribution is 2.21. The number of benzene rings is 1. The van der Waals surface area contributed by atoms with Gasteiger partial charge in [-0.3, -0.25) is 0 Å². The van der Waals surface area contributed by atoms with Gasteiger partial charge in [-0.05, 0) is 38.1 Å². The minimum absolute atomic E-state index is 0. The van der Waals surface area contributed by atoms with Crippen molar-refractivity contribution in [3.63, 3.8) is 0 Å². The number of nitrogens with zero attached hydrogens (tertiary/aromatic N) is 3. The van der Waals surface area contributed by atoms with Crippen LogP contribution in [0.1, 0.15) is 19.6 Å². The summed E-state index contributed by atoms with van der Waals surface area (Å²) in [5.41, 5.74) is 0.144. The van der Waals surface area contributed by atoms with E-state index in [0.29, 0.717) is 5.76 Å². The lowest BCUT2D eigenvalue weighted by Gasteiger charge is -2.38. The van der Waals surface area contributed by atoms with Gasteiger partial charge < -0.3 is 24.6 Å². The molecule has 0 saturated carbocycles. The molecule has 1 aromatic carbocycles. The van der Waals surface area contributed by atoms with E-state index in [-0.39, 0.29) is 30.5 Å². The molecule has 1 fully saturated rings. The van der Waals surface area contributed by atoms with Crippen molar-refractivity contribution in [3.8, 4) is 0 Å². The van der Waals surface area contributed by atoms with Crippen molar-refractivity contribution in [3.05, 3.63) is 54.5 Å². The van der Waals surface area contributed by atoms with Crippen LogP contribution in [-0.2, 0) is 5.60 Å². The fourth-order valence-corrected chi connectivity index (χ4v) is 3.13. The Bertz CT molecular complexity index is 696. The normalized spacial score (nSPS) is 17.2. The number of furan rings is 1. The standard InChI is InChI=1S/C20H28N4O2.HI/c1-3-21-19(22-16-20(2,25)18-10-7-15-26-18)24-13-11-23(12-14-24)17-8-5-4-6-9-17;/h4-10,15,25H,3,11-14,16H2,1-2H3,(H,21,22);1H. The van der Waals surface area contributed by atoms with E-state index in [2.05, 4.69) is 51.3 Å². The number of hydrogen-bond acceptors (Lipinski definition) is 4. The molecule has 0 radical (unpaired) electrons. The average Bonchev–Trinajstić information content (AvgIpc) is 3.22. The molecule has 0 amide bonds. The Morgan fingerprint density at radius 2 is 1.85 bits per heavy atom. The second-order valence-electron chi connectivity index (χ2n) is 6.73. The second kappa shape index (κ2) is 9.98. The number of aliphatic imine (C=N–C) groups is 1. The Hall–Kier alpha value is -1.74. The zero-order valence-corrected chi connectivity index (χ0v) is 18.3. The predicted octanol–water partition coefficient (Wildman–Crippen LogP) is 2.89. The van der Waals surface area contributed by atoms with E-state index in [4.69, 9.17) is 4.42 Å². The maximum Gasteiger partial charge on any atom is 0.194 e. The molecule has 2 heterocycles. The first-order chi connectivity index (χ1) is 12.6. The van der Waals surface area contributed by atoms with E-state index < -0.39 is 5.60 Å². The van der Waals surface area contributed by atoms with Crippen molar-refractivity contribution in [2.45, 2.75) is 19.4 Å². The molecule has 1 aliphatic rings. The summed E-state index contributed by atoms with van der Waals surface area (Å²) >= 11 is 0. The zero-order chi connectivity index (χ0) is 18.4. The maximum absolute atomic E-state index is 10.6. The van der Waals surface area contributed by atoms with Gasteiger partial charge in [-0.15, -0.1) is 24.0 Å². The summed E-state index contributed by atoms with van der Waals surface area (Å²) in [7, 11) is 0. The van der Waals surface area contributed by atoms with Gasteiger partial charge in [0.1, 0.15) is 11.4 Å². The van der Waals surface area contributed by atoms with Crippen LogP contribution in [0.15, 0.2) is 58.1 Å². The van der Waals surface area contributed by atoms with Crippen LogP contribution in [0, 0.1) is 0 Å². The topological polar surface area (TPSA) is 64.2 Å². The van der Waals surface area contributed by atoms with Crippen LogP contribution in [0.4, 0.5) is 5.69 Å². The molecule has 1 aromatic heterocycles. The first-order valence-corrected chi connectivity index (χ1v) is 9.20. The predicted molar refractivity (Wildman–Crippen MR) is 120 cm³/mol. The molecular weight excluding hydrogens is 455 g/mol. The number of guanidine groups is 1. The lowest BCUT2D eigenvalue weighted by Crippen LogP contribution is -2.52. The SMILES string of the molecule is CCNC(=NCC(C)(O)c1ccco1)N1CCN(c2ccccc2)CC1.I. The van der Waals surface area contributed by atoms with Crippen LogP contribution in [-0.4, -0.2) is 55.2 Å². The highest BCUT2D eigenvalue weighted by Gasteiger charge is 2.27. The van der Waals surface area contributed by atoms with E-state index in [0.717, 1.165) is 38.7 Å². The first kappa shape index (κ1) is 21.6. The van der Waals surface area contributed by atoms with Crippen molar-refractivity contribution in [2.24, 2.45) is 4.99 Å². The minimum Gasteiger partial charge on any atom is -0.466 e. The number of anilines is 1. The lowest BCUT2D eigenvalue weighted by atomic mass is 10.0. The quantitative estimate of drug-likeness (QED) is 0.388. The van der Waals surface area contributed by atoms with Gasteiger partial charge in [0, 0.05) is 38.4 Å². The van der Waals surface area contributed by atoms with E-state index in [1.54, 1.807) is 25.3 Å². The minimum atomic E-state index is -1.12. The van der Waals surface area contributed by atoms with Gasteiger partial charge in [-0.25, -0.2) is 4.99 Å². The van der Waals surface area contributed by atoms with Crippen molar-refractivity contribution >= 4 is 35.6 Å². The summed E-state index contributed by atoms with van der Waals surface area (Å²) in [4.78, 5) is 9.30. The summed E-state index contributed by atoms with van der Waals surface area (Å²) in [5, 5.41) is 14.0. The molecule has 0 bridgehead atoms. The van der Waals surface area contributed by atoms with Crippen LogP contribution in [0.2, 0.25) is 0 Å². The number of halogens is 1. The maximum atomic E-state index is 10.6. The van der Waals surface area contributed by atoms with Crippen LogP contribution in [0.3, 0.4) is 0 Å². The van der Waals surface area contributed by atoms with Gasteiger partial charge in [-0.2, -0.15) is 0 Å². The Morgan fingerprint density at radius 3 is 2.44 bits per heavy atom. The van der Waals surface area contributed by atoms with Crippen LogP contribution in [0.25, 0.3) is 0 Å². The van der Waals surface area contributed by atoms with Crippen molar-refractivity contribution < 1.29 is 9.52 Å². The van der Waals surface area contributed by atoms with Gasteiger partial charge >= 0.3 is 0 Å². The summed E-state index contributed by atoms with van der Waals surface area (Å²) < 4.78 is 5.34. The number of rotatable bonds is 5. The number of nitrogens with one attached hydrogen (secondary N) is 1. The highest BCUT2D eigenvalue weighted by atomic mass is 127. The van der Waals surface area contributed by atoms with E-state index in [9.17, 15) is 5.11 Å².